The minimum Gasteiger partial charge on any atom is -0.497 e. The van der Waals surface area contributed by atoms with Crippen LogP contribution in [0, 0.1) is 5.82 Å². The molecule has 2 heterocycles. The smallest absolute Gasteiger partial charge is 0.252 e. The molecular weight excluding hydrogens is 495 g/mol. The first-order valence-corrected chi connectivity index (χ1v) is 12.6. The molecule has 0 N–H and O–H groups in total. The van der Waals surface area contributed by atoms with E-state index in [1.165, 1.54) is 17.8 Å². The van der Waals surface area contributed by atoms with E-state index in [0.717, 1.165) is 5.56 Å². The van der Waals surface area contributed by atoms with Gasteiger partial charge in [-0.05, 0) is 35.9 Å². The largest absolute Gasteiger partial charge is 0.497 e. The highest BCUT2D eigenvalue weighted by molar-refractivity contribution is 9.10. The summed E-state index contributed by atoms with van der Waals surface area (Å²) in [5, 5.41) is 0.0465. The van der Waals surface area contributed by atoms with Crippen LogP contribution in [0.2, 0.25) is 0 Å². The number of thioether (sulfide) groups is 1. The number of amidine groups is 1. The predicted molar refractivity (Wildman–Crippen MR) is 120 cm³/mol. The van der Waals surface area contributed by atoms with Crippen LogP contribution in [-0.4, -0.2) is 49.4 Å². The number of nitrogens with zero attached hydrogens (tertiary/aromatic N) is 2. The van der Waals surface area contributed by atoms with Gasteiger partial charge in [0.25, 0.3) is 5.91 Å². The third kappa shape index (κ3) is 4.40. The fraction of sp³-hybridized carbons (Fsp3) is 0.300. The zero-order valence-corrected chi connectivity index (χ0v) is 19.1. The molecule has 30 heavy (non-hydrogen) atoms. The fourth-order valence-electron chi connectivity index (χ4n) is 3.59. The summed E-state index contributed by atoms with van der Waals surface area (Å²) >= 11 is 4.45. The van der Waals surface area contributed by atoms with Gasteiger partial charge in [0.1, 0.15) is 11.6 Å². The van der Waals surface area contributed by atoms with Crippen LogP contribution in [0.5, 0.6) is 5.75 Å². The van der Waals surface area contributed by atoms with Gasteiger partial charge in [-0.3, -0.25) is 4.79 Å². The summed E-state index contributed by atoms with van der Waals surface area (Å²) in [6.07, 6.45) is 0.0817. The SMILES string of the molecule is COc1ccc(CC(=O)N=C2SC3CS(=O)(=O)CC3N2c2ccc(Br)cc2F)cc1. The van der Waals surface area contributed by atoms with Crippen LogP contribution >= 0.6 is 27.7 Å². The van der Waals surface area contributed by atoms with Crippen molar-refractivity contribution < 1.29 is 22.3 Å². The van der Waals surface area contributed by atoms with E-state index in [2.05, 4.69) is 20.9 Å². The first-order valence-electron chi connectivity index (χ1n) is 9.11. The molecule has 2 fully saturated rings. The number of anilines is 1. The average molecular weight is 513 g/mol. The minimum absolute atomic E-state index is 0.0112. The second-order valence-corrected chi connectivity index (χ2v) is 11.4. The third-order valence-corrected chi connectivity index (χ3v) is 8.67. The molecule has 4 rings (SSSR count). The van der Waals surface area contributed by atoms with Crippen LogP contribution in [0.25, 0.3) is 0 Å². The quantitative estimate of drug-likeness (QED) is 0.624. The molecule has 2 aliphatic rings. The van der Waals surface area contributed by atoms with E-state index in [-0.39, 0.29) is 34.8 Å². The van der Waals surface area contributed by atoms with E-state index in [4.69, 9.17) is 4.74 Å². The topological polar surface area (TPSA) is 76.0 Å². The Kier molecular flexibility index (Phi) is 5.91. The van der Waals surface area contributed by atoms with E-state index >= 15 is 0 Å². The number of carbonyl (C=O) groups excluding carboxylic acids is 1. The summed E-state index contributed by atoms with van der Waals surface area (Å²) in [5.41, 5.74) is 0.989. The van der Waals surface area contributed by atoms with E-state index in [0.29, 0.717) is 15.4 Å². The summed E-state index contributed by atoms with van der Waals surface area (Å²) < 4.78 is 44.6. The maximum atomic E-state index is 14.7. The Morgan fingerprint density at radius 3 is 2.67 bits per heavy atom. The van der Waals surface area contributed by atoms with Gasteiger partial charge in [0.05, 0.1) is 36.8 Å². The molecule has 2 saturated heterocycles. The summed E-state index contributed by atoms with van der Waals surface area (Å²) in [7, 11) is -1.65. The van der Waals surface area contributed by atoms with Crippen LogP contribution in [0.15, 0.2) is 51.9 Å². The molecule has 2 aromatic carbocycles. The molecule has 0 aliphatic carbocycles. The van der Waals surface area contributed by atoms with Crippen LogP contribution < -0.4 is 9.64 Å². The summed E-state index contributed by atoms with van der Waals surface area (Å²) in [6.45, 7) is 0. The van der Waals surface area contributed by atoms with Crippen molar-refractivity contribution in [1.29, 1.82) is 0 Å². The number of aliphatic imine (C=N–C) groups is 1. The summed E-state index contributed by atoms with van der Waals surface area (Å²) in [4.78, 5) is 18.4. The maximum Gasteiger partial charge on any atom is 0.252 e. The monoisotopic (exact) mass is 512 g/mol. The zero-order valence-electron chi connectivity index (χ0n) is 15.9. The van der Waals surface area contributed by atoms with Gasteiger partial charge >= 0.3 is 0 Å². The third-order valence-electron chi connectivity index (χ3n) is 4.97. The number of hydrogen-bond acceptors (Lipinski definition) is 5. The Balaban J connectivity index is 1.63. The second kappa shape index (κ2) is 8.32. The van der Waals surface area contributed by atoms with E-state index in [1.807, 2.05) is 0 Å². The lowest BCUT2D eigenvalue weighted by atomic mass is 10.1. The van der Waals surface area contributed by atoms with Crippen molar-refractivity contribution in [2.24, 2.45) is 4.99 Å². The Bertz CT molecular complexity index is 1120. The first-order chi connectivity index (χ1) is 14.3. The number of amides is 1. The molecule has 1 amide bonds. The number of sulfone groups is 1. The van der Waals surface area contributed by atoms with Crippen molar-refractivity contribution in [2.45, 2.75) is 17.7 Å². The molecule has 0 saturated carbocycles. The van der Waals surface area contributed by atoms with Gasteiger partial charge in [-0.2, -0.15) is 4.99 Å². The van der Waals surface area contributed by atoms with Gasteiger partial charge in [-0.25, -0.2) is 12.8 Å². The summed E-state index contributed by atoms with van der Waals surface area (Å²) in [6, 6.07) is 11.2. The normalized spacial score (nSPS) is 23.6. The molecule has 0 aromatic heterocycles. The molecule has 0 spiro atoms. The average Bonchev–Trinajstić information content (AvgIpc) is 3.13. The molecule has 6 nitrogen and oxygen atoms in total. The number of hydrogen-bond donors (Lipinski definition) is 0. The standard InChI is InChI=1S/C20H18BrFN2O4S2/c1-28-14-5-2-12(3-6-14)8-19(25)23-20-24(16-7-4-13(21)9-15(16)22)17-10-30(26,27)11-18(17)29-20/h2-7,9,17-18H,8,10-11H2,1H3. The number of methoxy groups -OCH3 is 1. The highest BCUT2D eigenvalue weighted by Crippen LogP contribution is 2.42. The Morgan fingerprint density at radius 1 is 1.27 bits per heavy atom. The molecule has 10 heteroatoms. The number of halogens is 2. The Morgan fingerprint density at radius 2 is 2.00 bits per heavy atom. The van der Waals surface area contributed by atoms with E-state index < -0.39 is 21.7 Å². The Labute approximate surface area is 186 Å². The maximum absolute atomic E-state index is 14.7. The van der Waals surface area contributed by atoms with Crippen molar-refractivity contribution in [3.63, 3.8) is 0 Å². The lowest BCUT2D eigenvalue weighted by Gasteiger charge is -2.25. The fourth-order valence-corrected chi connectivity index (χ4v) is 7.84. The Hall–Kier alpha value is -1.91. The van der Waals surface area contributed by atoms with E-state index in [9.17, 15) is 17.6 Å². The van der Waals surface area contributed by atoms with Crippen LogP contribution in [0.3, 0.4) is 0 Å². The lowest BCUT2D eigenvalue weighted by molar-refractivity contribution is -0.117. The number of rotatable bonds is 4. The molecule has 0 bridgehead atoms. The first kappa shape index (κ1) is 21.3. The van der Waals surface area contributed by atoms with Gasteiger partial charge in [-0.15, -0.1) is 0 Å². The predicted octanol–water partition coefficient (Wildman–Crippen LogP) is 3.44. The lowest BCUT2D eigenvalue weighted by Crippen LogP contribution is -2.38. The van der Waals surface area contributed by atoms with Crippen molar-refractivity contribution >= 4 is 54.3 Å². The molecule has 2 aliphatic heterocycles. The molecular formula is C20H18BrFN2O4S2. The van der Waals surface area contributed by atoms with Gasteiger partial charge in [0.2, 0.25) is 0 Å². The van der Waals surface area contributed by atoms with E-state index in [1.54, 1.807) is 48.4 Å². The van der Waals surface area contributed by atoms with Crippen LogP contribution in [-0.2, 0) is 21.1 Å². The van der Waals surface area contributed by atoms with Gasteiger partial charge in [0, 0.05) is 9.72 Å². The molecule has 0 radical (unpaired) electrons. The molecule has 158 valence electrons. The molecule has 2 unspecified atom stereocenters. The molecule has 2 aromatic rings. The highest BCUT2D eigenvalue weighted by atomic mass is 79.9. The number of benzene rings is 2. The van der Waals surface area contributed by atoms with Gasteiger partial charge in [0.15, 0.2) is 15.0 Å². The molecule has 2 atom stereocenters. The number of fused-ring (bicyclic) bond motifs is 1. The van der Waals surface area contributed by atoms with Crippen molar-refractivity contribution in [2.75, 3.05) is 23.5 Å². The van der Waals surface area contributed by atoms with Crippen LogP contribution in [0.1, 0.15) is 5.56 Å². The van der Waals surface area contributed by atoms with Crippen molar-refractivity contribution in [3.8, 4) is 5.75 Å². The van der Waals surface area contributed by atoms with Gasteiger partial charge < -0.3 is 9.64 Å². The number of carbonyl (C=O) groups is 1. The minimum atomic E-state index is -3.22. The second-order valence-electron chi connectivity index (χ2n) is 7.08. The highest BCUT2D eigenvalue weighted by Gasteiger charge is 2.50. The summed E-state index contributed by atoms with van der Waals surface area (Å²) in [5.74, 6) is -0.304. The van der Waals surface area contributed by atoms with Crippen molar-refractivity contribution in [3.05, 3.63) is 58.3 Å². The van der Waals surface area contributed by atoms with Gasteiger partial charge in [-0.1, -0.05) is 39.8 Å². The zero-order chi connectivity index (χ0) is 21.5. The van der Waals surface area contributed by atoms with Crippen LogP contribution in [0.4, 0.5) is 10.1 Å². The number of ether oxygens (including phenoxy) is 1. The van der Waals surface area contributed by atoms with Crippen molar-refractivity contribution in [1.82, 2.24) is 0 Å².